The Morgan fingerprint density at radius 1 is 0.812 bits per heavy atom. The van der Waals surface area contributed by atoms with Crippen LogP contribution in [0.5, 0.6) is 0 Å². The number of ether oxygens (including phenoxy) is 10. The molecule has 6 fully saturated rings. The number of carbonyl (C=O) groups is 4. The molecule has 0 amide bonds. The number of hydrogen-bond donors (Lipinski definition) is 7. The molecule has 0 unspecified atom stereocenters. The second-order valence-corrected chi connectivity index (χ2v) is 27.0. The molecule has 0 radical (unpaired) electrons. The molecule has 0 aliphatic carbocycles. The van der Waals surface area contributed by atoms with E-state index in [2.05, 4.69) is 35.7 Å². The lowest BCUT2D eigenvalue weighted by Crippen LogP contribution is -2.65. The first-order valence-electron chi connectivity index (χ1n) is 30.3. The van der Waals surface area contributed by atoms with E-state index in [1.54, 1.807) is 47.8 Å². The van der Waals surface area contributed by atoms with E-state index in [1.165, 1.54) is 19.9 Å². The molecule has 85 heavy (non-hydrogen) atoms. The van der Waals surface area contributed by atoms with Gasteiger partial charge in [-0.15, -0.1) is 0 Å². The number of rotatable bonds is 9. The van der Waals surface area contributed by atoms with Crippen LogP contribution in [0.2, 0.25) is 0 Å². The zero-order valence-corrected chi connectivity index (χ0v) is 52.3. The van der Waals surface area contributed by atoms with Crippen LogP contribution in [-0.4, -0.2) is 187 Å². The van der Waals surface area contributed by atoms with Crippen molar-refractivity contribution in [1.29, 1.82) is 0 Å². The Balaban J connectivity index is 1.22. The Hall–Kier alpha value is -3.30. The number of Topliss-reactive ketones (excluding diaryl/α,β-unsaturated/α-hetero) is 1. The second-order valence-electron chi connectivity index (χ2n) is 25.9. The van der Waals surface area contributed by atoms with Crippen molar-refractivity contribution in [3.05, 3.63) is 59.7 Å². The lowest BCUT2D eigenvalue weighted by atomic mass is 9.78. The van der Waals surface area contributed by atoms with Gasteiger partial charge in [-0.2, -0.15) is 0 Å². The summed E-state index contributed by atoms with van der Waals surface area (Å²) in [5.74, 6) is -10.7. The van der Waals surface area contributed by atoms with Crippen molar-refractivity contribution in [3.8, 4) is 0 Å². The van der Waals surface area contributed by atoms with Crippen LogP contribution in [0.3, 0.4) is 0 Å². The van der Waals surface area contributed by atoms with Gasteiger partial charge in [0.15, 0.2) is 17.4 Å². The molecule has 7 aliphatic heterocycles. The summed E-state index contributed by atoms with van der Waals surface area (Å²) in [6.45, 7) is 23.3. The van der Waals surface area contributed by atoms with Crippen LogP contribution in [0.25, 0.3) is 0 Å². The fraction of sp³-hybridized carbons (Fsp3) is 0.778. The van der Waals surface area contributed by atoms with Gasteiger partial charge < -0.3 is 83.1 Å². The van der Waals surface area contributed by atoms with Crippen LogP contribution in [0.1, 0.15) is 158 Å². The molecule has 21 nitrogen and oxygen atoms in total. The van der Waals surface area contributed by atoms with E-state index in [9.17, 15) is 54.9 Å². The Bertz CT molecular complexity index is 2430. The van der Waals surface area contributed by atoms with Gasteiger partial charge in [0, 0.05) is 107 Å². The molecule has 480 valence electrons. The summed E-state index contributed by atoms with van der Waals surface area (Å²) in [5, 5.41) is 82.5. The van der Waals surface area contributed by atoms with E-state index in [4.69, 9.17) is 47.4 Å². The van der Waals surface area contributed by atoms with Crippen LogP contribution in [0, 0.1) is 23.7 Å². The van der Waals surface area contributed by atoms with Crippen LogP contribution in [-0.2, 0) is 66.5 Å². The summed E-state index contributed by atoms with van der Waals surface area (Å²) in [4.78, 5) is 54.3. The van der Waals surface area contributed by atoms with Gasteiger partial charge in [-0.05, 0) is 45.4 Å². The van der Waals surface area contributed by atoms with Crippen LogP contribution in [0.15, 0.2) is 59.7 Å². The second kappa shape index (κ2) is 29.1. The number of carbonyl (C=O) groups excluding carboxylic acids is 4. The molecule has 7 N–H and O–H groups in total. The fourth-order valence-corrected chi connectivity index (χ4v) is 14.3. The van der Waals surface area contributed by atoms with Gasteiger partial charge in [0.25, 0.3) is 0 Å². The zero-order valence-electron chi connectivity index (χ0n) is 50.7. The lowest BCUT2D eigenvalue weighted by molar-refractivity contribution is -0.351. The van der Waals surface area contributed by atoms with Gasteiger partial charge in [-0.1, -0.05) is 98.8 Å². The van der Waals surface area contributed by atoms with Crippen molar-refractivity contribution in [1.82, 2.24) is 0 Å². The number of methoxy groups -OCH3 is 1. The maximum Gasteiger partial charge on any atom is 0.308 e. The predicted molar refractivity (Wildman–Crippen MR) is 311 cm³/mol. The zero-order chi connectivity index (χ0) is 62.5. The Labute approximate surface area is 508 Å². The molecule has 22 heteroatoms. The van der Waals surface area contributed by atoms with Crippen LogP contribution in [0.4, 0.5) is 0 Å². The highest BCUT2D eigenvalue weighted by Gasteiger charge is 2.58. The minimum absolute atomic E-state index is 0.0122. The SMILES string of the molecule is C=C(Br)/C=C/[C@@H](O)CC(=C)C[C@H]1O[C@@H]2[C@H](C)[C@@H](OC(=O)C[C@H]3C[C@H](OC(C)=O)C[C@@]4(C[C@@](C)(O)C[C@H](CC(=C)[C@@H](C)[C@H](OC(C)=O)[C@H](C)C(=O)C[C@@H]5C[C@H](OC)C[C@@]6(C[C@@H](O)C[C@H](C=CCCC[C@H]7O[C@](O)(C[C@H](O)[C@H]7C)[C@H]2O)O6)O5)O4)O3)[C@@H]1O. The summed E-state index contributed by atoms with van der Waals surface area (Å²) >= 11 is 3.24. The number of allylic oxidation sites excluding steroid dienone is 3. The smallest absolute Gasteiger partial charge is 0.308 e. The van der Waals surface area contributed by atoms with Gasteiger partial charge in [0.1, 0.15) is 36.3 Å². The number of halogens is 1. The highest BCUT2D eigenvalue weighted by Crippen LogP contribution is 2.48. The highest BCUT2D eigenvalue weighted by atomic mass is 79.9. The maximum absolute atomic E-state index is 14.5. The Morgan fingerprint density at radius 3 is 2.15 bits per heavy atom. The average Bonchev–Trinajstić information content (AvgIpc) is 1.35. The minimum Gasteiger partial charge on any atom is -0.462 e. The predicted octanol–water partition coefficient (Wildman–Crippen LogP) is 6.07. The quantitative estimate of drug-likeness (QED) is 0.0597. The van der Waals surface area contributed by atoms with Crippen molar-refractivity contribution in [2.75, 3.05) is 7.11 Å². The monoisotopic (exact) mass is 1270 g/mol. The normalized spacial score (nSPS) is 44.1. The van der Waals surface area contributed by atoms with Crippen LogP contribution < -0.4 is 0 Å². The molecule has 0 aromatic heterocycles. The number of esters is 3. The Morgan fingerprint density at radius 2 is 1.47 bits per heavy atom. The fourth-order valence-electron chi connectivity index (χ4n) is 14.1. The molecule has 7 heterocycles. The summed E-state index contributed by atoms with van der Waals surface area (Å²) < 4.78 is 64.0. The number of fused-ring (bicyclic) bond motifs is 8. The summed E-state index contributed by atoms with van der Waals surface area (Å²) in [6.07, 6.45) is -8.17. The standard InChI is InChI=1S/C63H95BrO21/c1-33(19-42(67)18-17-35(3)64)20-53-55(72)57-39(7)58(79-53)59(73)63(75)31-51(70)37(5)52(85-63)16-14-12-13-15-44-22-43(68)27-61(81-44)29-47(76-11)23-45(82-61)25-50(69)38(6)56(78-41(9)66)36(4)34(2)21-49-28-60(10,74)32-62(84-49)30-48(77-40(8)65)24-46(83-62)26-54(71)80-57/h13,15,17-18,36-39,42-49,51-53,55-59,67-68,70,72-75H,1-3,12,14,16,19-32H2,4-11H3/b15-13?,18-17+/t36-,37-,38-,39-,42-,43+,44+,45+,46-,47+,48+,49+,51+,52-,53-,55-,56+,57-,58-,59+,60+,61-,62-,63-/m1/s1. The highest BCUT2D eigenvalue weighted by molar-refractivity contribution is 9.11. The summed E-state index contributed by atoms with van der Waals surface area (Å²) in [5.41, 5.74) is -0.473. The number of aliphatic hydroxyl groups excluding tert-OH is 5. The van der Waals surface area contributed by atoms with Gasteiger partial charge in [-0.25, -0.2) is 0 Å². The first-order valence-corrected chi connectivity index (χ1v) is 31.1. The van der Waals surface area contributed by atoms with Crippen molar-refractivity contribution >= 4 is 39.6 Å². The topological polar surface area (TPSA) is 302 Å². The first kappa shape index (κ1) is 69.2. The van der Waals surface area contributed by atoms with Gasteiger partial charge >= 0.3 is 17.9 Å². The molecule has 0 aromatic rings. The van der Waals surface area contributed by atoms with Gasteiger partial charge in [-0.3, -0.25) is 19.2 Å². The molecule has 7 aliphatic rings. The van der Waals surface area contributed by atoms with Gasteiger partial charge in [0.05, 0.1) is 85.1 Å². The third-order valence-corrected chi connectivity index (χ3v) is 18.6. The molecular weight excluding hydrogens is 1170 g/mol. The maximum atomic E-state index is 14.5. The van der Waals surface area contributed by atoms with Crippen molar-refractivity contribution in [3.63, 3.8) is 0 Å². The third-order valence-electron chi connectivity index (χ3n) is 18.3. The minimum atomic E-state index is -2.40. The molecule has 6 saturated heterocycles. The largest absolute Gasteiger partial charge is 0.462 e. The van der Waals surface area contributed by atoms with Crippen molar-refractivity contribution in [2.24, 2.45) is 23.7 Å². The van der Waals surface area contributed by atoms with E-state index in [-0.39, 0.29) is 76.1 Å². The van der Waals surface area contributed by atoms with E-state index in [1.807, 2.05) is 12.2 Å². The molecule has 10 bridgehead atoms. The number of ketones is 1. The third kappa shape index (κ3) is 18.2. The molecule has 7 rings (SSSR count). The van der Waals surface area contributed by atoms with E-state index < -0.39 is 169 Å². The van der Waals surface area contributed by atoms with E-state index >= 15 is 0 Å². The van der Waals surface area contributed by atoms with E-state index in [0.29, 0.717) is 47.7 Å². The molecule has 24 atom stereocenters. The number of hydrogen-bond acceptors (Lipinski definition) is 21. The van der Waals surface area contributed by atoms with Crippen LogP contribution >= 0.6 is 15.9 Å². The molecular formula is C63H95BrO21. The first-order chi connectivity index (χ1) is 39.8. The average molecular weight is 1270 g/mol. The molecule has 0 saturated carbocycles. The lowest BCUT2D eigenvalue weighted by Gasteiger charge is -2.52. The number of aliphatic hydroxyl groups is 7. The van der Waals surface area contributed by atoms with E-state index in [0.717, 1.165) is 0 Å². The Kier molecular flexibility index (Phi) is 23.7. The van der Waals surface area contributed by atoms with Crippen molar-refractivity contribution in [2.45, 2.75) is 278 Å². The molecule has 2 spiro atoms. The summed E-state index contributed by atoms with van der Waals surface area (Å²) in [6, 6.07) is 0. The summed E-state index contributed by atoms with van der Waals surface area (Å²) in [7, 11) is 1.57. The molecule has 0 aromatic carbocycles. The van der Waals surface area contributed by atoms with Gasteiger partial charge in [0.2, 0.25) is 0 Å². The van der Waals surface area contributed by atoms with Crippen molar-refractivity contribution < 1.29 is 102 Å².